The normalized spacial score (nSPS) is 10.5. The average Bonchev–Trinajstić information content (AvgIpc) is 2.39. The lowest BCUT2D eigenvalue weighted by Gasteiger charge is -2.13. The number of hydrogen-bond acceptors (Lipinski definition) is 2. The van der Waals surface area contributed by atoms with Crippen molar-refractivity contribution >= 4 is 23.2 Å². The first-order valence-electron chi connectivity index (χ1n) is 5.67. The standard InChI is InChI=1S/C14H12Cl2FNO/c1-18-8-9-4-2-6-11(17)14(9)19-12-7-3-5-10(15)13(12)16/h2-7,18H,8H2,1H3. The van der Waals surface area contributed by atoms with Gasteiger partial charge in [0.15, 0.2) is 11.6 Å². The van der Waals surface area contributed by atoms with Crippen molar-refractivity contribution in [3.8, 4) is 11.5 Å². The van der Waals surface area contributed by atoms with Crippen LogP contribution in [-0.4, -0.2) is 7.05 Å². The highest BCUT2D eigenvalue weighted by Gasteiger charge is 2.13. The molecule has 0 aliphatic rings. The third kappa shape index (κ3) is 3.18. The number of hydrogen-bond donors (Lipinski definition) is 1. The molecule has 5 heteroatoms. The van der Waals surface area contributed by atoms with Crippen LogP contribution in [0, 0.1) is 5.82 Å². The number of rotatable bonds is 4. The van der Waals surface area contributed by atoms with Gasteiger partial charge >= 0.3 is 0 Å². The minimum atomic E-state index is -0.441. The minimum Gasteiger partial charge on any atom is -0.452 e. The van der Waals surface area contributed by atoms with E-state index < -0.39 is 5.82 Å². The maximum atomic E-state index is 13.9. The second-order valence-corrected chi connectivity index (χ2v) is 4.70. The van der Waals surface area contributed by atoms with Crippen LogP contribution >= 0.6 is 23.2 Å². The second-order valence-electron chi connectivity index (χ2n) is 3.91. The van der Waals surface area contributed by atoms with Gasteiger partial charge in [0.25, 0.3) is 0 Å². The molecule has 1 N–H and O–H groups in total. The van der Waals surface area contributed by atoms with E-state index in [1.54, 1.807) is 37.4 Å². The van der Waals surface area contributed by atoms with Crippen molar-refractivity contribution in [2.45, 2.75) is 6.54 Å². The molecule has 0 aliphatic heterocycles. The average molecular weight is 300 g/mol. The van der Waals surface area contributed by atoms with Gasteiger partial charge in [0.05, 0.1) is 5.02 Å². The molecule has 2 rings (SSSR count). The molecule has 0 bridgehead atoms. The van der Waals surface area contributed by atoms with Crippen LogP contribution in [0.3, 0.4) is 0 Å². The molecule has 2 nitrogen and oxygen atoms in total. The van der Waals surface area contributed by atoms with Crippen molar-refractivity contribution in [2.24, 2.45) is 0 Å². The maximum Gasteiger partial charge on any atom is 0.167 e. The Hall–Kier alpha value is -1.29. The van der Waals surface area contributed by atoms with Gasteiger partial charge in [-0.3, -0.25) is 0 Å². The molecule has 0 spiro atoms. The molecule has 2 aromatic rings. The SMILES string of the molecule is CNCc1cccc(F)c1Oc1cccc(Cl)c1Cl. The highest BCUT2D eigenvalue weighted by molar-refractivity contribution is 6.42. The third-order valence-corrected chi connectivity index (χ3v) is 3.35. The monoisotopic (exact) mass is 299 g/mol. The molecule has 0 radical (unpaired) electrons. The molecular weight excluding hydrogens is 288 g/mol. The predicted molar refractivity (Wildman–Crippen MR) is 75.7 cm³/mol. The van der Waals surface area contributed by atoms with Crippen LogP contribution in [0.4, 0.5) is 4.39 Å². The van der Waals surface area contributed by atoms with Gasteiger partial charge in [-0.05, 0) is 25.2 Å². The van der Waals surface area contributed by atoms with Crippen molar-refractivity contribution in [3.63, 3.8) is 0 Å². The lowest BCUT2D eigenvalue weighted by atomic mass is 10.2. The summed E-state index contributed by atoms with van der Waals surface area (Å²) in [5.41, 5.74) is 0.707. The largest absolute Gasteiger partial charge is 0.452 e. The van der Waals surface area contributed by atoms with Gasteiger partial charge in [0, 0.05) is 12.1 Å². The Morgan fingerprint density at radius 2 is 1.89 bits per heavy atom. The highest BCUT2D eigenvalue weighted by atomic mass is 35.5. The summed E-state index contributed by atoms with van der Waals surface area (Å²) >= 11 is 11.9. The summed E-state index contributed by atoms with van der Waals surface area (Å²) in [5.74, 6) is 0.0430. The maximum absolute atomic E-state index is 13.9. The van der Waals surface area contributed by atoms with Gasteiger partial charge in [-0.2, -0.15) is 0 Å². The molecular formula is C14H12Cl2FNO. The van der Waals surface area contributed by atoms with Crippen LogP contribution in [0.2, 0.25) is 10.0 Å². The van der Waals surface area contributed by atoms with E-state index in [4.69, 9.17) is 27.9 Å². The molecule has 0 heterocycles. The summed E-state index contributed by atoms with van der Waals surface area (Å²) in [6, 6.07) is 9.74. The van der Waals surface area contributed by atoms with Gasteiger partial charge < -0.3 is 10.1 Å². The van der Waals surface area contributed by atoms with Crippen LogP contribution < -0.4 is 10.1 Å². The van der Waals surface area contributed by atoms with Gasteiger partial charge in [-0.25, -0.2) is 4.39 Å². The molecule has 0 amide bonds. The van der Waals surface area contributed by atoms with E-state index in [1.807, 2.05) is 0 Å². The molecule has 2 aromatic carbocycles. The Kier molecular flexibility index (Phi) is 4.64. The molecule has 0 atom stereocenters. The van der Waals surface area contributed by atoms with Crippen LogP contribution in [0.1, 0.15) is 5.56 Å². The van der Waals surface area contributed by atoms with E-state index in [9.17, 15) is 4.39 Å². The fourth-order valence-corrected chi connectivity index (χ4v) is 2.00. The summed E-state index contributed by atoms with van der Waals surface area (Å²) in [6.45, 7) is 0.491. The van der Waals surface area contributed by atoms with Crippen LogP contribution in [0.15, 0.2) is 36.4 Å². The van der Waals surface area contributed by atoms with Crippen molar-refractivity contribution in [2.75, 3.05) is 7.05 Å². The Morgan fingerprint density at radius 1 is 1.16 bits per heavy atom. The summed E-state index contributed by atoms with van der Waals surface area (Å²) in [5, 5.41) is 3.59. The first-order chi connectivity index (χ1) is 9.13. The van der Waals surface area contributed by atoms with E-state index >= 15 is 0 Å². The third-order valence-electron chi connectivity index (χ3n) is 2.54. The predicted octanol–water partition coefficient (Wildman–Crippen LogP) is 4.64. The fourth-order valence-electron chi connectivity index (χ4n) is 1.67. The number of nitrogens with one attached hydrogen (secondary N) is 1. The first-order valence-corrected chi connectivity index (χ1v) is 6.43. The lowest BCUT2D eigenvalue weighted by molar-refractivity contribution is 0.435. The minimum absolute atomic E-state index is 0.154. The fraction of sp³-hybridized carbons (Fsp3) is 0.143. The van der Waals surface area contributed by atoms with E-state index in [2.05, 4.69) is 5.32 Å². The molecule has 100 valence electrons. The van der Waals surface area contributed by atoms with Gasteiger partial charge in [-0.1, -0.05) is 41.4 Å². The van der Waals surface area contributed by atoms with E-state index in [1.165, 1.54) is 6.07 Å². The number of para-hydroxylation sites is 1. The summed E-state index contributed by atoms with van der Waals surface area (Å²) in [4.78, 5) is 0. The molecule has 0 saturated heterocycles. The molecule has 0 aromatic heterocycles. The molecule has 19 heavy (non-hydrogen) atoms. The number of benzene rings is 2. The first kappa shape index (κ1) is 14.1. The zero-order valence-electron chi connectivity index (χ0n) is 10.2. The summed E-state index contributed by atoms with van der Waals surface area (Å²) in [7, 11) is 1.78. The van der Waals surface area contributed by atoms with Crippen molar-refractivity contribution in [3.05, 3.63) is 57.8 Å². The molecule has 0 unspecified atom stereocenters. The van der Waals surface area contributed by atoms with E-state index in [-0.39, 0.29) is 10.8 Å². The molecule has 0 saturated carbocycles. The topological polar surface area (TPSA) is 21.3 Å². The number of ether oxygens (including phenoxy) is 1. The second kappa shape index (κ2) is 6.24. The molecule has 0 aliphatic carbocycles. The van der Waals surface area contributed by atoms with Crippen LogP contribution in [0.5, 0.6) is 11.5 Å². The van der Waals surface area contributed by atoms with Gasteiger partial charge in [-0.15, -0.1) is 0 Å². The van der Waals surface area contributed by atoms with Crippen molar-refractivity contribution in [1.29, 1.82) is 0 Å². The van der Waals surface area contributed by atoms with Gasteiger partial charge in [0.2, 0.25) is 0 Å². The highest BCUT2D eigenvalue weighted by Crippen LogP contribution is 2.36. The van der Waals surface area contributed by atoms with Crippen molar-refractivity contribution < 1.29 is 9.13 Å². The van der Waals surface area contributed by atoms with Crippen LogP contribution in [0.25, 0.3) is 0 Å². The number of halogens is 3. The Bertz CT molecular complexity index is 590. The summed E-state index contributed by atoms with van der Waals surface area (Å²) in [6.07, 6.45) is 0. The Morgan fingerprint density at radius 3 is 2.63 bits per heavy atom. The van der Waals surface area contributed by atoms with Crippen LogP contribution in [-0.2, 0) is 6.54 Å². The van der Waals surface area contributed by atoms with Crippen molar-refractivity contribution in [1.82, 2.24) is 5.32 Å². The van der Waals surface area contributed by atoms with E-state index in [0.717, 1.165) is 0 Å². The Labute approximate surface area is 121 Å². The quantitative estimate of drug-likeness (QED) is 0.888. The smallest absolute Gasteiger partial charge is 0.167 e. The summed E-state index contributed by atoms with van der Waals surface area (Å²) < 4.78 is 19.4. The molecule has 0 fully saturated rings. The zero-order valence-corrected chi connectivity index (χ0v) is 11.7. The van der Waals surface area contributed by atoms with Gasteiger partial charge in [0.1, 0.15) is 10.8 Å². The zero-order chi connectivity index (χ0) is 13.8. The Balaban J connectivity index is 2.40. The van der Waals surface area contributed by atoms with E-state index in [0.29, 0.717) is 22.9 Å². The lowest BCUT2D eigenvalue weighted by Crippen LogP contribution is -2.07.